The molecule has 0 bridgehead atoms. The highest BCUT2D eigenvalue weighted by Gasteiger charge is 2.32. The third-order valence-corrected chi connectivity index (χ3v) is 8.33. The molecular weight excluding hydrogens is 463 g/mol. The largest absolute Gasteiger partial charge is 0.416 e. The number of alkyl halides is 3. The van der Waals surface area contributed by atoms with E-state index in [0.29, 0.717) is 15.9 Å². The lowest BCUT2D eigenvalue weighted by Gasteiger charge is -2.35. The Morgan fingerprint density at radius 1 is 1.00 bits per heavy atom. The number of rotatable bonds is 4. The van der Waals surface area contributed by atoms with E-state index in [1.165, 1.54) is 22.5 Å². The zero-order chi connectivity index (χ0) is 23.3. The van der Waals surface area contributed by atoms with Crippen LogP contribution >= 0.6 is 11.3 Å². The SMILES string of the molecule is CC(C)n1c(=O)sc2cc(S(=O)(=O)N3CCN(c4cccc(C(F)(F)F)c4)CC3)ccc21. The van der Waals surface area contributed by atoms with Crippen LogP contribution in [0.4, 0.5) is 18.9 Å². The predicted octanol–water partition coefficient (Wildman–Crippen LogP) is 4.17. The lowest BCUT2D eigenvalue weighted by atomic mass is 10.1. The highest BCUT2D eigenvalue weighted by molar-refractivity contribution is 7.89. The number of hydrogen-bond donors (Lipinski definition) is 0. The van der Waals surface area contributed by atoms with Crippen molar-refractivity contribution in [3.63, 3.8) is 0 Å². The van der Waals surface area contributed by atoms with E-state index in [-0.39, 0.29) is 42.0 Å². The molecule has 172 valence electrons. The number of aromatic nitrogens is 1. The molecule has 3 aromatic rings. The summed E-state index contributed by atoms with van der Waals surface area (Å²) >= 11 is 1.01. The minimum absolute atomic E-state index is 0.0392. The van der Waals surface area contributed by atoms with E-state index in [4.69, 9.17) is 0 Å². The molecular formula is C21H22F3N3O3S2. The molecule has 0 radical (unpaired) electrons. The Morgan fingerprint density at radius 2 is 1.69 bits per heavy atom. The lowest BCUT2D eigenvalue weighted by molar-refractivity contribution is -0.137. The fourth-order valence-electron chi connectivity index (χ4n) is 3.88. The van der Waals surface area contributed by atoms with Crippen LogP contribution in [0.15, 0.2) is 52.2 Å². The second kappa shape index (κ2) is 8.20. The van der Waals surface area contributed by atoms with Crippen molar-refractivity contribution in [2.75, 3.05) is 31.1 Å². The van der Waals surface area contributed by atoms with Crippen molar-refractivity contribution in [1.29, 1.82) is 0 Å². The molecule has 0 unspecified atom stereocenters. The summed E-state index contributed by atoms with van der Waals surface area (Å²) in [5, 5.41) is 0. The summed E-state index contributed by atoms with van der Waals surface area (Å²) in [6, 6.07) is 9.68. The summed E-state index contributed by atoms with van der Waals surface area (Å²) in [6.45, 7) is 4.64. The van der Waals surface area contributed by atoms with E-state index in [2.05, 4.69) is 0 Å². The number of sulfonamides is 1. The normalized spacial score (nSPS) is 16.2. The molecule has 6 nitrogen and oxygen atoms in total. The second-order valence-electron chi connectivity index (χ2n) is 7.90. The molecule has 2 aromatic carbocycles. The molecule has 0 aliphatic carbocycles. The first kappa shape index (κ1) is 22.8. The maximum Gasteiger partial charge on any atom is 0.416 e. The number of piperazine rings is 1. The van der Waals surface area contributed by atoms with Crippen molar-refractivity contribution in [2.24, 2.45) is 0 Å². The van der Waals surface area contributed by atoms with E-state index < -0.39 is 21.8 Å². The number of anilines is 1. The summed E-state index contributed by atoms with van der Waals surface area (Å²) < 4.78 is 68.9. The number of hydrogen-bond acceptors (Lipinski definition) is 5. The topological polar surface area (TPSA) is 62.6 Å². The van der Waals surface area contributed by atoms with Gasteiger partial charge >= 0.3 is 11.0 Å². The van der Waals surface area contributed by atoms with Crippen molar-refractivity contribution in [3.05, 3.63) is 57.7 Å². The summed E-state index contributed by atoms with van der Waals surface area (Å²) in [4.78, 5) is 14.0. The highest BCUT2D eigenvalue weighted by atomic mass is 32.2. The van der Waals surface area contributed by atoms with Gasteiger partial charge in [-0.15, -0.1) is 0 Å². The van der Waals surface area contributed by atoms with E-state index in [0.717, 1.165) is 23.5 Å². The molecule has 0 amide bonds. The molecule has 32 heavy (non-hydrogen) atoms. The molecule has 0 saturated carbocycles. The van der Waals surface area contributed by atoms with Crippen molar-refractivity contribution in [1.82, 2.24) is 8.87 Å². The van der Waals surface area contributed by atoms with Gasteiger partial charge in [0.15, 0.2) is 0 Å². The van der Waals surface area contributed by atoms with Crippen LogP contribution in [0.2, 0.25) is 0 Å². The Bertz CT molecular complexity index is 1310. The maximum absolute atomic E-state index is 13.2. The molecule has 1 aliphatic rings. The number of nitrogens with zero attached hydrogens (tertiary/aromatic N) is 3. The first-order valence-corrected chi connectivity index (χ1v) is 12.3. The third-order valence-electron chi connectivity index (χ3n) is 5.52. The van der Waals surface area contributed by atoms with Crippen molar-refractivity contribution in [3.8, 4) is 0 Å². The van der Waals surface area contributed by atoms with Gasteiger partial charge in [-0.2, -0.15) is 17.5 Å². The maximum atomic E-state index is 13.2. The molecule has 0 spiro atoms. The van der Waals surface area contributed by atoms with Crippen LogP contribution in [0.25, 0.3) is 10.2 Å². The molecule has 1 aromatic heterocycles. The van der Waals surface area contributed by atoms with Gasteiger partial charge in [-0.1, -0.05) is 17.4 Å². The summed E-state index contributed by atoms with van der Waals surface area (Å²) in [6.07, 6.45) is -4.43. The first-order valence-electron chi connectivity index (χ1n) is 10.1. The van der Waals surface area contributed by atoms with Crippen LogP contribution in [0.5, 0.6) is 0 Å². The van der Waals surface area contributed by atoms with Crippen LogP contribution in [0, 0.1) is 0 Å². The van der Waals surface area contributed by atoms with Crippen molar-refractivity contribution >= 4 is 37.3 Å². The van der Waals surface area contributed by atoms with Crippen LogP contribution in [0.3, 0.4) is 0 Å². The molecule has 1 aliphatic heterocycles. The average molecular weight is 486 g/mol. The predicted molar refractivity (Wildman–Crippen MR) is 119 cm³/mol. The van der Waals surface area contributed by atoms with Gasteiger partial charge in [0, 0.05) is 37.9 Å². The van der Waals surface area contributed by atoms with Crippen LogP contribution < -0.4 is 9.77 Å². The Morgan fingerprint density at radius 3 is 2.31 bits per heavy atom. The Labute approximate surface area is 187 Å². The molecule has 1 saturated heterocycles. The third kappa shape index (κ3) is 4.16. The Balaban J connectivity index is 1.54. The van der Waals surface area contributed by atoms with Crippen molar-refractivity contribution < 1.29 is 21.6 Å². The van der Waals surface area contributed by atoms with E-state index in [9.17, 15) is 26.4 Å². The van der Waals surface area contributed by atoms with E-state index >= 15 is 0 Å². The molecule has 1 fully saturated rings. The van der Waals surface area contributed by atoms with Gasteiger partial charge < -0.3 is 4.90 Å². The average Bonchev–Trinajstić information content (AvgIpc) is 3.08. The standard InChI is InChI=1S/C21H22F3N3O3S2/c1-14(2)27-18-7-6-17(13-19(18)31-20(27)28)32(29,30)26-10-8-25(9-11-26)16-5-3-4-15(12-16)21(22,23)24/h3-7,12-14H,8-11H2,1-2H3. The Hall–Kier alpha value is -2.37. The quantitative estimate of drug-likeness (QED) is 0.557. The minimum atomic E-state index is -4.43. The van der Waals surface area contributed by atoms with Crippen LogP contribution in [-0.2, 0) is 16.2 Å². The molecule has 4 rings (SSSR count). The number of benzene rings is 2. The fraction of sp³-hybridized carbons (Fsp3) is 0.381. The first-order chi connectivity index (χ1) is 15.0. The Kier molecular flexibility index (Phi) is 5.84. The van der Waals surface area contributed by atoms with Crippen LogP contribution in [-0.4, -0.2) is 43.5 Å². The summed E-state index contributed by atoms with van der Waals surface area (Å²) in [7, 11) is -3.79. The number of halogens is 3. The molecule has 0 N–H and O–H groups in total. The van der Waals surface area contributed by atoms with E-state index in [1.807, 2.05) is 13.8 Å². The monoisotopic (exact) mass is 485 g/mol. The van der Waals surface area contributed by atoms with E-state index in [1.54, 1.807) is 21.6 Å². The van der Waals surface area contributed by atoms with Gasteiger partial charge in [0.25, 0.3) is 0 Å². The van der Waals surface area contributed by atoms with Gasteiger partial charge in [0.1, 0.15) is 0 Å². The fourth-order valence-corrected chi connectivity index (χ4v) is 6.46. The second-order valence-corrected chi connectivity index (χ2v) is 10.8. The lowest BCUT2D eigenvalue weighted by Crippen LogP contribution is -2.48. The highest BCUT2D eigenvalue weighted by Crippen LogP contribution is 2.32. The zero-order valence-corrected chi connectivity index (χ0v) is 19.1. The smallest absolute Gasteiger partial charge is 0.369 e. The minimum Gasteiger partial charge on any atom is -0.369 e. The van der Waals surface area contributed by atoms with Gasteiger partial charge in [-0.25, -0.2) is 8.42 Å². The van der Waals surface area contributed by atoms with Crippen LogP contribution in [0.1, 0.15) is 25.5 Å². The van der Waals surface area contributed by atoms with Gasteiger partial charge in [-0.3, -0.25) is 9.36 Å². The number of fused-ring (bicyclic) bond motifs is 1. The summed E-state index contributed by atoms with van der Waals surface area (Å²) in [5.41, 5.74) is 0.382. The van der Waals surface area contributed by atoms with Crippen molar-refractivity contribution in [2.45, 2.75) is 31.0 Å². The zero-order valence-electron chi connectivity index (χ0n) is 17.5. The molecule has 0 atom stereocenters. The number of thiazole rings is 1. The van der Waals surface area contributed by atoms with Gasteiger partial charge in [-0.05, 0) is 50.2 Å². The van der Waals surface area contributed by atoms with Gasteiger partial charge in [0.2, 0.25) is 10.0 Å². The summed E-state index contributed by atoms with van der Waals surface area (Å²) in [5.74, 6) is 0. The molecule has 11 heteroatoms. The molecule has 2 heterocycles. The van der Waals surface area contributed by atoms with Gasteiger partial charge in [0.05, 0.1) is 20.7 Å².